The first-order valence-corrected chi connectivity index (χ1v) is 9.27. The Labute approximate surface area is 167 Å². The summed E-state index contributed by atoms with van der Waals surface area (Å²) in [5.74, 6) is 0.199. The van der Waals surface area contributed by atoms with E-state index in [1.165, 1.54) is 12.1 Å². The van der Waals surface area contributed by atoms with Crippen molar-refractivity contribution in [3.05, 3.63) is 59.9 Å². The van der Waals surface area contributed by atoms with Crippen LogP contribution >= 0.6 is 0 Å². The number of guanidine groups is 1. The summed E-state index contributed by atoms with van der Waals surface area (Å²) in [4.78, 5) is 8.69. The first-order chi connectivity index (χ1) is 13.9. The molecule has 0 amide bonds. The van der Waals surface area contributed by atoms with E-state index < -0.39 is 6.36 Å². The van der Waals surface area contributed by atoms with Gasteiger partial charge < -0.3 is 20.5 Å². The zero-order valence-corrected chi connectivity index (χ0v) is 16.1. The normalized spacial score (nSPS) is 13.1. The summed E-state index contributed by atoms with van der Waals surface area (Å²) in [5.41, 5.74) is 1.64. The van der Waals surface area contributed by atoms with Crippen LogP contribution < -0.4 is 15.4 Å². The summed E-state index contributed by atoms with van der Waals surface area (Å²) in [6.07, 6.45) is -2.51. The van der Waals surface area contributed by atoms with Gasteiger partial charge in [-0.3, -0.25) is 4.98 Å². The third-order valence-electron chi connectivity index (χ3n) is 3.97. The molecule has 3 N–H and O–H groups in total. The molecule has 0 aliphatic carbocycles. The summed E-state index contributed by atoms with van der Waals surface area (Å²) in [6.45, 7) is 3.42. The van der Waals surface area contributed by atoms with Crippen molar-refractivity contribution in [2.75, 3.05) is 19.7 Å². The summed E-state index contributed by atoms with van der Waals surface area (Å²) in [5, 5.41) is 16.0. The molecule has 1 aromatic carbocycles. The van der Waals surface area contributed by atoms with Crippen molar-refractivity contribution in [1.29, 1.82) is 0 Å². The summed E-state index contributed by atoms with van der Waals surface area (Å²) >= 11 is 0. The monoisotopic (exact) mass is 410 g/mol. The molecule has 0 bridgehead atoms. The summed E-state index contributed by atoms with van der Waals surface area (Å²) in [7, 11) is 0. The smallest absolute Gasteiger partial charge is 0.406 e. The van der Waals surface area contributed by atoms with Gasteiger partial charge >= 0.3 is 6.36 Å². The highest BCUT2D eigenvalue weighted by Crippen LogP contribution is 2.23. The summed E-state index contributed by atoms with van der Waals surface area (Å²) < 4.78 is 40.6. The number of aliphatic imine (C=N–C) groups is 1. The van der Waals surface area contributed by atoms with E-state index in [1.54, 1.807) is 18.3 Å². The van der Waals surface area contributed by atoms with Crippen LogP contribution in [0.5, 0.6) is 5.75 Å². The molecule has 0 saturated heterocycles. The molecule has 0 fully saturated rings. The van der Waals surface area contributed by atoms with E-state index >= 15 is 0 Å². The standard InChI is InChI=1S/C20H25F3N4O2/c1-2-24-19(27-13-17-5-3-4-10-25-17)26-12-16(14-28)11-15-6-8-18(9-7-15)29-20(21,22)23/h3-10,16,28H,2,11-14H2,1H3,(H2,24,26,27). The minimum atomic E-state index is -4.71. The molecule has 0 aliphatic rings. The second-order valence-corrected chi connectivity index (χ2v) is 6.34. The van der Waals surface area contributed by atoms with E-state index in [0.717, 1.165) is 11.3 Å². The number of benzene rings is 1. The minimum Gasteiger partial charge on any atom is -0.406 e. The fraction of sp³-hybridized carbons (Fsp3) is 0.400. The topological polar surface area (TPSA) is 78.8 Å². The molecule has 2 aromatic rings. The lowest BCUT2D eigenvalue weighted by Gasteiger charge is -2.18. The number of aliphatic hydroxyl groups is 1. The molecular weight excluding hydrogens is 385 g/mol. The van der Waals surface area contributed by atoms with Crippen molar-refractivity contribution in [3.8, 4) is 5.75 Å². The number of alkyl halides is 3. The highest BCUT2D eigenvalue weighted by Gasteiger charge is 2.30. The van der Waals surface area contributed by atoms with Crippen LogP contribution in [0.4, 0.5) is 13.2 Å². The van der Waals surface area contributed by atoms with E-state index in [4.69, 9.17) is 0 Å². The maximum atomic E-state index is 12.2. The van der Waals surface area contributed by atoms with Gasteiger partial charge in [-0.25, -0.2) is 4.99 Å². The predicted molar refractivity (Wildman–Crippen MR) is 104 cm³/mol. The molecule has 1 heterocycles. The van der Waals surface area contributed by atoms with Gasteiger partial charge in [0.2, 0.25) is 0 Å². The van der Waals surface area contributed by atoms with Crippen molar-refractivity contribution in [2.24, 2.45) is 10.9 Å². The molecule has 1 aromatic heterocycles. The Hall–Kier alpha value is -2.81. The highest BCUT2D eigenvalue weighted by atomic mass is 19.4. The maximum absolute atomic E-state index is 12.2. The lowest BCUT2D eigenvalue weighted by atomic mass is 10.00. The van der Waals surface area contributed by atoms with Crippen LogP contribution in [0.2, 0.25) is 0 Å². The Kier molecular flexibility index (Phi) is 8.72. The number of aliphatic hydroxyl groups excluding tert-OH is 1. The molecule has 0 aliphatic heterocycles. The van der Waals surface area contributed by atoms with Crippen LogP contribution in [0.1, 0.15) is 18.2 Å². The van der Waals surface area contributed by atoms with Crippen LogP contribution in [-0.4, -0.2) is 42.1 Å². The van der Waals surface area contributed by atoms with E-state index in [0.29, 0.717) is 32.0 Å². The van der Waals surface area contributed by atoms with Crippen molar-refractivity contribution in [1.82, 2.24) is 15.6 Å². The van der Waals surface area contributed by atoms with Gasteiger partial charge in [0.15, 0.2) is 5.96 Å². The van der Waals surface area contributed by atoms with Crippen LogP contribution in [0.25, 0.3) is 0 Å². The third-order valence-corrected chi connectivity index (χ3v) is 3.97. The molecule has 1 unspecified atom stereocenters. The lowest BCUT2D eigenvalue weighted by molar-refractivity contribution is -0.274. The van der Waals surface area contributed by atoms with Gasteiger partial charge in [-0.05, 0) is 43.2 Å². The average molecular weight is 410 g/mol. The third kappa shape index (κ3) is 8.82. The average Bonchev–Trinajstić information content (AvgIpc) is 2.70. The quantitative estimate of drug-likeness (QED) is 0.438. The molecule has 6 nitrogen and oxygen atoms in total. The van der Waals surface area contributed by atoms with E-state index in [1.807, 2.05) is 25.1 Å². The van der Waals surface area contributed by atoms with Crippen LogP contribution in [0.15, 0.2) is 53.7 Å². The van der Waals surface area contributed by atoms with E-state index in [9.17, 15) is 18.3 Å². The first-order valence-electron chi connectivity index (χ1n) is 9.27. The molecule has 29 heavy (non-hydrogen) atoms. The Morgan fingerprint density at radius 3 is 2.52 bits per heavy atom. The van der Waals surface area contributed by atoms with Gasteiger partial charge in [0, 0.05) is 31.8 Å². The molecular formula is C20H25F3N4O2. The number of rotatable bonds is 9. The van der Waals surface area contributed by atoms with Crippen molar-refractivity contribution < 1.29 is 23.0 Å². The van der Waals surface area contributed by atoms with Gasteiger partial charge in [0.05, 0.1) is 12.2 Å². The molecule has 0 radical (unpaired) electrons. The Balaban J connectivity index is 1.90. The SMILES string of the molecule is CCNC(=NCc1ccccn1)NCC(CO)Cc1ccc(OC(F)(F)F)cc1. The van der Waals surface area contributed by atoms with Crippen molar-refractivity contribution >= 4 is 5.96 Å². The maximum Gasteiger partial charge on any atom is 0.573 e. The molecule has 0 spiro atoms. The van der Waals surface area contributed by atoms with Gasteiger partial charge in [-0.1, -0.05) is 18.2 Å². The number of nitrogens with zero attached hydrogens (tertiary/aromatic N) is 2. The lowest BCUT2D eigenvalue weighted by Crippen LogP contribution is -2.40. The predicted octanol–water partition coefficient (Wildman–Crippen LogP) is 2.89. The Morgan fingerprint density at radius 1 is 1.17 bits per heavy atom. The number of hydrogen-bond donors (Lipinski definition) is 3. The van der Waals surface area contributed by atoms with Crippen LogP contribution in [-0.2, 0) is 13.0 Å². The highest BCUT2D eigenvalue weighted by molar-refractivity contribution is 5.79. The fourth-order valence-corrected chi connectivity index (χ4v) is 2.60. The fourth-order valence-electron chi connectivity index (χ4n) is 2.60. The van der Waals surface area contributed by atoms with Gasteiger partial charge in [-0.2, -0.15) is 0 Å². The van der Waals surface area contributed by atoms with Gasteiger partial charge in [0.25, 0.3) is 0 Å². The number of aromatic nitrogens is 1. The zero-order valence-electron chi connectivity index (χ0n) is 16.1. The van der Waals surface area contributed by atoms with Gasteiger partial charge in [0.1, 0.15) is 5.75 Å². The number of pyridine rings is 1. The second-order valence-electron chi connectivity index (χ2n) is 6.34. The van der Waals surface area contributed by atoms with Crippen LogP contribution in [0, 0.1) is 5.92 Å². The minimum absolute atomic E-state index is 0.0759. The molecule has 1 atom stereocenters. The van der Waals surface area contributed by atoms with Gasteiger partial charge in [-0.15, -0.1) is 13.2 Å². The molecule has 0 saturated carbocycles. The number of nitrogens with one attached hydrogen (secondary N) is 2. The van der Waals surface area contributed by atoms with E-state index in [2.05, 4.69) is 25.3 Å². The zero-order chi connectivity index (χ0) is 21.1. The van der Waals surface area contributed by atoms with Crippen molar-refractivity contribution in [3.63, 3.8) is 0 Å². The first kappa shape index (κ1) is 22.5. The Morgan fingerprint density at radius 2 is 1.93 bits per heavy atom. The van der Waals surface area contributed by atoms with Crippen molar-refractivity contribution in [2.45, 2.75) is 26.3 Å². The summed E-state index contributed by atoms with van der Waals surface area (Å²) in [6, 6.07) is 11.3. The molecule has 2 rings (SSSR count). The number of ether oxygens (including phenoxy) is 1. The number of halogens is 3. The number of hydrogen-bond acceptors (Lipinski definition) is 4. The largest absolute Gasteiger partial charge is 0.573 e. The second kappa shape index (κ2) is 11.3. The molecule has 9 heteroatoms. The Bertz CT molecular complexity index is 753. The van der Waals surface area contributed by atoms with E-state index in [-0.39, 0.29) is 18.3 Å². The molecule has 158 valence electrons. The van der Waals surface area contributed by atoms with Crippen LogP contribution in [0.3, 0.4) is 0 Å².